The first-order valence-electron chi connectivity index (χ1n) is 7.85. The predicted molar refractivity (Wildman–Crippen MR) is 93.5 cm³/mol. The van der Waals surface area contributed by atoms with E-state index in [9.17, 15) is 9.18 Å². The van der Waals surface area contributed by atoms with E-state index in [0.717, 1.165) is 33.3 Å². The maximum Gasteiger partial charge on any atom is 0.252 e. The van der Waals surface area contributed by atoms with Crippen LogP contribution in [0.25, 0.3) is 10.9 Å². The van der Waals surface area contributed by atoms with Crippen molar-refractivity contribution >= 4 is 16.8 Å². The number of benzene rings is 2. The van der Waals surface area contributed by atoms with E-state index in [-0.39, 0.29) is 11.7 Å². The summed E-state index contributed by atoms with van der Waals surface area (Å²) < 4.78 is 13.0. The number of hydrogen-bond acceptors (Lipinski definition) is 2. The van der Waals surface area contributed by atoms with Crippen molar-refractivity contribution in [3.8, 4) is 0 Å². The van der Waals surface area contributed by atoms with Gasteiger partial charge in [-0.1, -0.05) is 23.8 Å². The van der Waals surface area contributed by atoms with Crippen molar-refractivity contribution < 1.29 is 9.18 Å². The van der Waals surface area contributed by atoms with E-state index < -0.39 is 0 Å². The van der Waals surface area contributed by atoms with E-state index >= 15 is 0 Å². The van der Waals surface area contributed by atoms with E-state index in [1.54, 1.807) is 18.2 Å². The number of nitrogens with zero attached hydrogens (tertiary/aromatic N) is 1. The van der Waals surface area contributed by atoms with Crippen molar-refractivity contribution in [2.75, 3.05) is 0 Å². The molecule has 0 saturated carbocycles. The molecule has 3 rings (SSSR count). The second kappa shape index (κ2) is 6.40. The fraction of sp³-hybridized carbons (Fsp3) is 0.200. The van der Waals surface area contributed by atoms with E-state index in [2.05, 4.69) is 16.4 Å². The summed E-state index contributed by atoms with van der Waals surface area (Å²) in [4.78, 5) is 17.2. The Hall–Kier alpha value is -2.75. The lowest BCUT2D eigenvalue weighted by molar-refractivity contribution is 0.0952. The molecule has 0 saturated heterocycles. The lowest BCUT2D eigenvalue weighted by Gasteiger charge is -2.11. The van der Waals surface area contributed by atoms with Crippen molar-refractivity contribution in [2.45, 2.75) is 27.3 Å². The van der Waals surface area contributed by atoms with Crippen molar-refractivity contribution in [3.05, 3.63) is 76.2 Å². The molecule has 1 heterocycles. The van der Waals surface area contributed by atoms with Gasteiger partial charge in [0.1, 0.15) is 5.82 Å². The first-order valence-corrected chi connectivity index (χ1v) is 7.85. The van der Waals surface area contributed by atoms with Gasteiger partial charge >= 0.3 is 0 Å². The van der Waals surface area contributed by atoms with Gasteiger partial charge in [-0.25, -0.2) is 4.39 Å². The quantitative estimate of drug-likeness (QED) is 0.784. The first kappa shape index (κ1) is 16.1. The minimum Gasteiger partial charge on any atom is -0.348 e. The lowest BCUT2D eigenvalue weighted by Crippen LogP contribution is -2.23. The third kappa shape index (κ3) is 3.27. The molecule has 0 aliphatic carbocycles. The van der Waals surface area contributed by atoms with Crippen LogP contribution in [0.4, 0.5) is 4.39 Å². The van der Waals surface area contributed by atoms with Crippen LogP contribution in [0.5, 0.6) is 0 Å². The fourth-order valence-corrected chi connectivity index (χ4v) is 2.88. The Morgan fingerprint density at radius 2 is 1.79 bits per heavy atom. The monoisotopic (exact) mass is 322 g/mol. The highest BCUT2D eigenvalue weighted by Gasteiger charge is 2.13. The molecular weight excluding hydrogens is 303 g/mol. The maximum atomic E-state index is 13.0. The summed E-state index contributed by atoms with van der Waals surface area (Å²) in [6.07, 6.45) is 0. The van der Waals surface area contributed by atoms with Gasteiger partial charge in [0.25, 0.3) is 5.91 Å². The molecule has 3 nitrogen and oxygen atoms in total. The molecule has 0 spiro atoms. The predicted octanol–water partition coefficient (Wildman–Crippen LogP) is 4.23. The van der Waals surface area contributed by atoms with Gasteiger partial charge in [-0.05, 0) is 56.2 Å². The number of pyridine rings is 1. The van der Waals surface area contributed by atoms with Gasteiger partial charge in [0, 0.05) is 17.6 Å². The number of aryl methyl sites for hydroxylation is 3. The van der Waals surface area contributed by atoms with Crippen LogP contribution in [-0.2, 0) is 6.54 Å². The van der Waals surface area contributed by atoms with Crippen LogP contribution < -0.4 is 5.32 Å². The number of fused-ring (bicyclic) bond motifs is 1. The summed E-state index contributed by atoms with van der Waals surface area (Å²) in [5.41, 5.74) is 5.28. The molecule has 0 aliphatic rings. The Morgan fingerprint density at radius 3 is 2.50 bits per heavy atom. The molecule has 3 aromatic rings. The lowest BCUT2D eigenvalue weighted by atomic mass is 10.0. The van der Waals surface area contributed by atoms with Crippen molar-refractivity contribution in [1.29, 1.82) is 0 Å². The normalized spacial score (nSPS) is 10.8. The summed E-state index contributed by atoms with van der Waals surface area (Å²) in [5, 5.41) is 3.76. The SMILES string of the molecule is Cc1cc(C)c2nc(C)cc(C(=O)NCc3ccc(F)cc3)c2c1. The number of aromatic nitrogens is 1. The maximum absolute atomic E-state index is 13.0. The molecule has 1 N–H and O–H groups in total. The van der Waals surface area contributed by atoms with Crippen LogP contribution in [0.3, 0.4) is 0 Å². The topological polar surface area (TPSA) is 42.0 Å². The van der Waals surface area contributed by atoms with Gasteiger partial charge in [-0.15, -0.1) is 0 Å². The number of hydrogen-bond donors (Lipinski definition) is 1. The molecule has 1 aromatic heterocycles. The smallest absolute Gasteiger partial charge is 0.252 e. The Bertz CT molecular complexity index is 917. The average molecular weight is 322 g/mol. The van der Waals surface area contributed by atoms with Crippen LogP contribution in [0.2, 0.25) is 0 Å². The highest BCUT2D eigenvalue weighted by molar-refractivity contribution is 6.07. The molecule has 0 fully saturated rings. The molecular formula is C20H19FN2O. The van der Waals surface area contributed by atoms with Gasteiger partial charge < -0.3 is 5.32 Å². The third-order valence-electron chi connectivity index (χ3n) is 3.99. The van der Waals surface area contributed by atoms with Crippen LogP contribution in [-0.4, -0.2) is 10.9 Å². The number of carbonyl (C=O) groups excluding carboxylic acids is 1. The van der Waals surface area contributed by atoms with E-state index in [1.807, 2.05) is 26.8 Å². The molecule has 0 aliphatic heterocycles. The third-order valence-corrected chi connectivity index (χ3v) is 3.99. The van der Waals surface area contributed by atoms with E-state index in [4.69, 9.17) is 0 Å². The molecule has 0 unspecified atom stereocenters. The van der Waals surface area contributed by atoms with Gasteiger partial charge in [0.15, 0.2) is 0 Å². The minimum absolute atomic E-state index is 0.153. The Morgan fingerprint density at radius 1 is 1.08 bits per heavy atom. The number of amides is 1. The van der Waals surface area contributed by atoms with Gasteiger partial charge in [-0.2, -0.15) is 0 Å². The Kier molecular flexibility index (Phi) is 4.30. The Balaban J connectivity index is 1.93. The molecule has 0 radical (unpaired) electrons. The highest BCUT2D eigenvalue weighted by Crippen LogP contribution is 2.23. The van der Waals surface area contributed by atoms with Crippen molar-refractivity contribution in [3.63, 3.8) is 0 Å². The minimum atomic E-state index is -0.285. The summed E-state index contributed by atoms with van der Waals surface area (Å²) in [6, 6.07) is 12.0. The molecule has 122 valence electrons. The van der Waals surface area contributed by atoms with Crippen LogP contribution in [0.15, 0.2) is 42.5 Å². The molecule has 0 atom stereocenters. The zero-order valence-corrected chi connectivity index (χ0v) is 14.0. The first-order chi connectivity index (χ1) is 11.4. The Labute approximate surface area is 140 Å². The number of carbonyl (C=O) groups is 1. The highest BCUT2D eigenvalue weighted by atomic mass is 19.1. The number of halogens is 1. The van der Waals surface area contributed by atoms with Crippen LogP contribution in [0, 0.1) is 26.6 Å². The fourth-order valence-electron chi connectivity index (χ4n) is 2.88. The van der Waals surface area contributed by atoms with E-state index in [0.29, 0.717) is 12.1 Å². The molecule has 4 heteroatoms. The number of nitrogens with one attached hydrogen (secondary N) is 1. The van der Waals surface area contributed by atoms with Crippen LogP contribution >= 0.6 is 0 Å². The largest absolute Gasteiger partial charge is 0.348 e. The summed E-state index contributed by atoms with van der Waals surface area (Å²) in [7, 11) is 0. The summed E-state index contributed by atoms with van der Waals surface area (Å²) >= 11 is 0. The van der Waals surface area contributed by atoms with Gasteiger partial charge in [0.05, 0.1) is 11.1 Å². The van der Waals surface area contributed by atoms with E-state index in [1.165, 1.54) is 12.1 Å². The van der Waals surface area contributed by atoms with Gasteiger partial charge in [-0.3, -0.25) is 9.78 Å². The molecule has 0 bridgehead atoms. The van der Waals surface area contributed by atoms with Crippen LogP contribution in [0.1, 0.15) is 32.7 Å². The molecule has 2 aromatic carbocycles. The van der Waals surface area contributed by atoms with Crippen molar-refractivity contribution in [2.24, 2.45) is 0 Å². The molecule has 24 heavy (non-hydrogen) atoms. The second-order valence-corrected chi connectivity index (χ2v) is 6.10. The van der Waals surface area contributed by atoms with Gasteiger partial charge in [0.2, 0.25) is 0 Å². The molecule has 1 amide bonds. The second-order valence-electron chi connectivity index (χ2n) is 6.10. The zero-order valence-electron chi connectivity index (χ0n) is 14.0. The average Bonchev–Trinajstić information content (AvgIpc) is 2.54. The summed E-state index contributed by atoms with van der Waals surface area (Å²) in [6.45, 7) is 6.25. The number of rotatable bonds is 3. The van der Waals surface area contributed by atoms with Crippen molar-refractivity contribution in [1.82, 2.24) is 10.3 Å². The summed E-state index contributed by atoms with van der Waals surface area (Å²) in [5.74, 6) is -0.438. The standard InChI is InChI=1S/C20H19FN2O/c1-12-8-13(2)19-17(9-12)18(10-14(3)23-19)20(24)22-11-15-4-6-16(21)7-5-15/h4-10H,11H2,1-3H3,(H,22,24). The zero-order chi connectivity index (χ0) is 17.3.